The molecule has 0 saturated carbocycles. The van der Waals surface area contributed by atoms with Crippen molar-refractivity contribution in [3.63, 3.8) is 0 Å². The number of carbonyl (C=O) groups is 1. The Bertz CT molecular complexity index is 1090. The standard InChI is InChI=1S/C26H27FN2O2S/c1-31-24-23(28-25(30)19-5-4-6-20(27)15-19)21-7-2-3-8-22(21)26(24)10-12-29(13-11-26)16-18-9-14-32-17-18/h2-9,14-15,17,23-24H,10-13,16H2,1H3,(H,28,30)/t23-,24+/m0/s1. The number of likely N-dealkylation sites (tertiary alicyclic amines) is 1. The van der Waals surface area contributed by atoms with Crippen LogP contribution in [0.4, 0.5) is 4.39 Å². The Labute approximate surface area is 192 Å². The highest BCUT2D eigenvalue weighted by atomic mass is 32.1. The van der Waals surface area contributed by atoms with E-state index in [0.29, 0.717) is 5.56 Å². The zero-order valence-corrected chi connectivity index (χ0v) is 18.9. The quantitative estimate of drug-likeness (QED) is 0.600. The van der Waals surface area contributed by atoms with Crippen LogP contribution in [0.25, 0.3) is 0 Å². The Morgan fingerprint density at radius 1 is 1.19 bits per heavy atom. The van der Waals surface area contributed by atoms with Crippen LogP contribution in [0, 0.1) is 5.82 Å². The number of nitrogens with zero attached hydrogens (tertiary/aromatic N) is 1. The van der Waals surface area contributed by atoms with Crippen LogP contribution in [0.5, 0.6) is 0 Å². The van der Waals surface area contributed by atoms with Crippen molar-refractivity contribution >= 4 is 17.2 Å². The first-order chi connectivity index (χ1) is 15.6. The van der Waals surface area contributed by atoms with Crippen molar-refractivity contribution in [3.8, 4) is 0 Å². The number of ether oxygens (including phenoxy) is 1. The lowest BCUT2D eigenvalue weighted by molar-refractivity contribution is -0.0122. The van der Waals surface area contributed by atoms with Gasteiger partial charge in [-0.25, -0.2) is 4.39 Å². The van der Waals surface area contributed by atoms with Gasteiger partial charge in [-0.3, -0.25) is 9.69 Å². The molecule has 3 aromatic rings. The number of amides is 1. The van der Waals surface area contributed by atoms with Crippen molar-refractivity contribution in [3.05, 3.63) is 93.4 Å². The van der Waals surface area contributed by atoms with E-state index in [9.17, 15) is 9.18 Å². The summed E-state index contributed by atoms with van der Waals surface area (Å²) >= 11 is 1.74. The molecule has 1 saturated heterocycles. The third kappa shape index (κ3) is 3.76. The van der Waals surface area contributed by atoms with Gasteiger partial charge in [0.2, 0.25) is 0 Å². The van der Waals surface area contributed by atoms with E-state index in [-0.39, 0.29) is 23.5 Å². The maximum atomic E-state index is 13.7. The lowest BCUT2D eigenvalue weighted by Crippen LogP contribution is -2.50. The molecule has 0 radical (unpaired) electrons. The van der Waals surface area contributed by atoms with Crippen LogP contribution < -0.4 is 5.32 Å². The summed E-state index contributed by atoms with van der Waals surface area (Å²) in [6.45, 7) is 2.93. The number of thiophene rings is 1. The third-order valence-corrected chi connectivity index (χ3v) is 7.77. The molecule has 1 N–H and O–H groups in total. The van der Waals surface area contributed by atoms with Crippen molar-refractivity contribution in [2.75, 3.05) is 20.2 Å². The van der Waals surface area contributed by atoms with E-state index in [1.807, 2.05) is 6.07 Å². The topological polar surface area (TPSA) is 41.6 Å². The summed E-state index contributed by atoms with van der Waals surface area (Å²) < 4.78 is 19.8. The molecular formula is C26H27FN2O2S. The normalized spacial score (nSPS) is 22.1. The average Bonchev–Trinajstić information content (AvgIpc) is 3.41. The molecule has 1 amide bonds. The molecule has 2 aliphatic rings. The number of nitrogens with one attached hydrogen (secondary N) is 1. The first-order valence-corrected chi connectivity index (χ1v) is 12.0. The van der Waals surface area contributed by atoms with Crippen molar-refractivity contribution in [2.45, 2.75) is 36.9 Å². The summed E-state index contributed by atoms with van der Waals surface area (Å²) in [7, 11) is 1.73. The highest BCUT2D eigenvalue weighted by Crippen LogP contribution is 2.52. The highest BCUT2D eigenvalue weighted by Gasteiger charge is 2.53. The molecule has 32 heavy (non-hydrogen) atoms. The van der Waals surface area contributed by atoms with Crippen LogP contribution in [0.1, 0.15) is 45.9 Å². The van der Waals surface area contributed by atoms with Crippen LogP contribution >= 0.6 is 11.3 Å². The average molecular weight is 451 g/mol. The molecule has 2 heterocycles. The molecule has 1 spiro atoms. The van der Waals surface area contributed by atoms with Gasteiger partial charge in [0.1, 0.15) is 5.82 Å². The number of halogens is 1. The minimum absolute atomic E-state index is 0.142. The summed E-state index contributed by atoms with van der Waals surface area (Å²) in [6.07, 6.45) is 1.78. The van der Waals surface area contributed by atoms with E-state index in [1.165, 1.54) is 23.3 Å². The van der Waals surface area contributed by atoms with Gasteiger partial charge in [0.25, 0.3) is 5.91 Å². The van der Waals surface area contributed by atoms with E-state index >= 15 is 0 Å². The van der Waals surface area contributed by atoms with Gasteiger partial charge in [-0.05, 0) is 77.6 Å². The molecule has 4 nitrogen and oxygen atoms in total. The molecule has 1 aliphatic heterocycles. The molecule has 166 valence electrons. The Kier molecular flexibility index (Phi) is 5.84. The van der Waals surface area contributed by atoms with Gasteiger partial charge in [0.15, 0.2) is 0 Å². The number of fused-ring (bicyclic) bond motifs is 2. The van der Waals surface area contributed by atoms with Gasteiger partial charge in [0, 0.05) is 24.6 Å². The molecule has 5 rings (SSSR count). The second-order valence-electron chi connectivity index (χ2n) is 8.77. The van der Waals surface area contributed by atoms with E-state index in [4.69, 9.17) is 4.74 Å². The lowest BCUT2D eigenvalue weighted by Gasteiger charge is -2.44. The Hall–Kier alpha value is -2.54. The SMILES string of the molecule is CO[C@@H]1[C@@H](NC(=O)c2cccc(F)c2)c2ccccc2C12CCN(Cc1ccsc1)CC2. The number of carbonyl (C=O) groups excluding carboxylic acids is 1. The third-order valence-electron chi connectivity index (χ3n) is 7.04. The summed E-state index contributed by atoms with van der Waals surface area (Å²) in [5, 5.41) is 7.50. The van der Waals surface area contributed by atoms with E-state index in [1.54, 1.807) is 30.6 Å². The van der Waals surface area contributed by atoms with E-state index in [2.05, 4.69) is 45.2 Å². The summed E-state index contributed by atoms with van der Waals surface area (Å²) in [5.41, 5.74) is 3.92. The minimum atomic E-state index is -0.415. The fourth-order valence-corrected chi connectivity index (χ4v) is 6.19. The number of piperidine rings is 1. The molecule has 0 bridgehead atoms. The van der Waals surface area contributed by atoms with Crippen LogP contribution in [0.3, 0.4) is 0 Å². The zero-order chi connectivity index (χ0) is 22.1. The molecule has 1 fully saturated rings. The molecule has 1 aromatic heterocycles. The first kappa shape index (κ1) is 21.3. The Morgan fingerprint density at radius 3 is 2.72 bits per heavy atom. The second-order valence-corrected chi connectivity index (χ2v) is 9.55. The van der Waals surface area contributed by atoms with E-state index < -0.39 is 5.82 Å². The lowest BCUT2D eigenvalue weighted by atomic mass is 9.72. The Morgan fingerprint density at radius 2 is 2.00 bits per heavy atom. The number of hydrogen-bond donors (Lipinski definition) is 1. The number of benzene rings is 2. The number of hydrogen-bond acceptors (Lipinski definition) is 4. The van der Waals surface area contributed by atoms with Crippen molar-refractivity contribution in [2.24, 2.45) is 0 Å². The van der Waals surface area contributed by atoms with Crippen molar-refractivity contribution in [1.82, 2.24) is 10.2 Å². The van der Waals surface area contributed by atoms with Gasteiger partial charge in [-0.15, -0.1) is 0 Å². The molecule has 0 unspecified atom stereocenters. The second kappa shape index (κ2) is 8.77. The van der Waals surface area contributed by atoms with Crippen molar-refractivity contribution in [1.29, 1.82) is 0 Å². The van der Waals surface area contributed by atoms with Gasteiger partial charge < -0.3 is 10.1 Å². The fourth-order valence-electron chi connectivity index (χ4n) is 5.53. The molecular weight excluding hydrogens is 423 g/mol. The van der Waals surface area contributed by atoms with Crippen LogP contribution in [0.2, 0.25) is 0 Å². The molecule has 1 aliphatic carbocycles. The monoisotopic (exact) mass is 450 g/mol. The van der Waals surface area contributed by atoms with Gasteiger partial charge >= 0.3 is 0 Å². The Balaban J connectivity index is 1.40. The molecule has 2 aromatic carbocycles. The van der Waals surface area contributed by atoms with Gasteiger partial charge in [-0.2, -0.15) is 11.3 Å². The van der Waals surface area contributed by atoms with Gasteiger partial charge in [-0.1, -0.05) is 30.3 Å². The fraction of sp³-hybridized carbons (Fsp3) is 0.346. The largest absolute Gasteiger partial charge is 0.378 e. The number of rotatable bonds is 5. The summed E-state index contributed by atoms with van der Waals surface area (Å²) in [6, 6.07) is 16.1. The maximum absolute atomic E-state index is 13.7. The summed E-state index contributed by atoms with van der Waals surface area (Å²) in [4.78, 5) is 15.5. The highest BCUT2D eigenvalue weighted by molar-refractivity contribution is 7.07. The predicted octanol–water partition coefficient (Wildman–Crippen LogP) is 4.92. The maximum Gasteiger partial charge on any atom is 0.251 e. The van der Waals surface area contributed by atoms with Gasteiger partial charge in [0.05, 0.1) is 12.1 Å². The molecule has 2 atom stereocenters. The van der Waals surface area contributed by atoms with Crippen LogP contribution in [-0.4, -0.2) is 37.1 Å². The van der Waals surface area contributed by atoms with E-state index in [0.717, 1.165) is 38.0 Å². The minimum Gasteiger partial charge on any atom is -0.378 e. The van der Waals surface area contributed by atoms with Crippen LogP contribution in [0.15, 0.2) is 65.4 Å². The summed E-state index contributed by atoms with van der Waals surface area (Å²) in [5.74, 6) is -0.694. The number of methoxy groups -OCH3 is 1. The molecule has 6 heteroatoms. The van der Waals surface area contributed by atoms with Crippen LogP contribution in [-0.2, 0) is 16.7 Å². The zero-order valence-electron chi connectivity index (χ0n) is 18.1. The predicted molar refractivity (Wildman–Crippen MR) is 124 cm³/mol. The smallest absolute Gasteiger partial charge is 0.251 e. The first-order valence-electron chi connectivity index (χ1n) is 11.0. The van der Waals surface area contributed by atoms with Crippen molar-refractivity contribution < 1.29 is 13.9 Å².